The lowest BCUT2D eigenvalue weighted by Crippen LogP contribution is -2.33. The fraction of sp³-hybridized carbons (Fsp3) is 0.455. The van der Waals surface area contributed by atoms with Crippen molar-refractivity contribution in [1.29, 1.82) is 0 Å². The number of nitrogens with one attached hydrogen (secondary N) is 1. The van der Waals surface area contributed by atoms with Crippen LogP contribution < -0.4 is 5.32 Å². The molecule has 1 aromatic rings. The fourth-order valence-corrected chi connectivity index (χ4v) is 1.90. The Balaban J connectivity index is 1.95. The van der Waals surface area contributed by atoms with Crippen molar-refractivity contribution in [2.75, 3.05) is 11.9 Å². The van der Waals surface area contributed by atoms with Gasteiger partial charge in [0.25, 0.3) is 5.69 Å². The molecular formula is C11H14N2O3. The lowest BCUT2D eigenvalue weighted by atomic mass is 9.82. The predicted octanol–water partition coefficient (Wildman–Crippen LogP) is 1.78. The van der Waals surface area contributed by atoms with Gasteiger partial charge in [0.2, 0.25) is 0 Å². The Morgan fingerprint density at radius 1 is 1.44 bits per heavy atom. The van der Waals surface area contributed by atoms with Crippen LogP contribution in [0.2, 0.25) is 0 Å². The van der Waals surface area contributed by atoms with Gasteiger partial charge in [0.1, 0.15) is 5.69 Å². The maximum absolute atomic E-state index is 10.7. The summed E-state index contributed by atoms with van der Waals surface area (Å²) in [4.78, 5) is 10.3. The van der Waals surface area contributed by atoms with Gasteiger partial charge in [-0.05, 0) is 24.8 Å². The molecule has 0 atom stereocenters. The summed E-state index contributed by atoms with van der Waals surface area (Å²) in [6, 6.07) is 6.60. The third-order valence-electron chi connectivity index (χ3n) is 2.89. The Labute approximate surface area is 93.2 Å². The molecule has 0 aliphatic heterocycles. The van der Waals surface area contributed by atoms with Crippen LogP contribution in [0.4, 0.5) is 11.4 Å². The van der Waals surface area contributed by atoms with Crippen molar-refractivity contribution >= 4 is 11.4 Å². The summed E-state index contributed by atoms with van der Waals surface area (Å²) < 4.78 is 0. The Kier molecular flexibility index (Phi) is 3.05. The molecule has 1 fully saturated rings. The Morgan fingerprint density at radius 3 is 2.75 bits per heavy atom. The highest BCUT2D eigenvalue weighted by Gasteiger charge is 2.27. The van der Waals surface area contributed by atoms with Crippen LogP contribution >= 0.6 is 0 Å². The van der Waals surface area contributed by atoms with Gasteiger partial charge in [0, 0.05) is 12.6 Å². The third kappa shape index (κ3) is 2.30. The number of nitro groups is 1. The first-order chi connectivity index (χ1) is 7.66. The van der Waals surface area contributed by atoms with Crippen LogP contribution in [-0.4, -0.2) is 22.7 Å². The molecule has 0 amide bonds. The summed E-state index contributed by atoms with van der Waals surface area (Å²) in [5, 5.41) is 22.9. The highest BCUT2D eigenvalue weighted by Crippen LogP contribution is 2.29. The van der Waals surface area contributed by atoms with E-state index in [2.05, 4.69) is 5.32 Å². The van der Waals surface area contributed by atoms with Gasteiger partial charge in [-0.1, -0.05) is 12.1 Å². The van der Waals surface area contributed by atoms with Crippen molar-refractivity contribution in [3.05, 3.63) is 34.4 Å². The molecule has 0 aromatic heterocycles. The van der Waals surface area contributed by atoms with Gasteiger partial charge in [-0.25, -0.2) is 0 Å². The SMILES string of the molecule is O=[N+]([O-])c1ccccc1NCC1CC(O)C1. The molecule has 0 spiro atoms. The standard InChI is InChI=1S/C11H14N2O3/c14-9-5-8(6-9)7-12-10-3-1-2-4-11(10)13(15)16/h1-4,8-9,12,14H,5-7H2. The van der Waals surface area contributed by atoms with E-state index < -0.39 is 4.92 Å². The zero-order chi connectivity index (χ0) is 11.5. The van der Waals surface area contributed by atoms with E-state index in [4.69, 9.17) is 5.11 Å². The fourth-order valence-electron chi connectivity index (χ4n) is 1.90. The maximum Gasteiger partial charge on any atom is 0.292 e. The van der Waals surface area contributed by atoms with Crippen LogP contribution in [0.25, 0.3) is 0 Å². The first kappa shape index (κ1) is 10.9. The Hall–Kier alpha value is -1.62. The summed E-state index contributed by atoms with van der Waals surface area (Å²) in [6.07, 6.45) is 1.39. The van der Waals surface area contributed by atoms with Crippen molar-refractivity contribution in [3.8, 4) is 0 Å². The molecule has 5 heteroatoms. The number of nitrogens with zero attached hydrogens (tertiary/aromatic N) is 1. The van der Waals surface area contributed by atoms with Crippen molar-refractivity contribution < 1.29 is 10.0 Å². The van der Waals surface area contributed by atoms with E-state index in [-0.39, 0.29) is 11.8 Å². The molecule has 1 saturated carbocycles. The molecule has 2 N–H and O–H groups in total. The quantitative estimate of drug-likeness (QED) is 0.601. The van der Waals surface area contributed by atoms with E-state index in [0.29, 0.717) is 18.2 Å². The van der Waals surface area contributed by atoms with E-state index in [1.54, 1.807) is 18.2 Å². The molecular weight excluding hydrogens is 208 g/mol. The first-order valence-corrected chi connectivity index (χ1v) is 5.32. The molecule has 86 valence electrons. The summed E-state index contributed by atoms with van der Waals surface area (Å²) in [6.45, 7) is 0.682. The van der Waals surface area contributed by atoms with Gasteiger partial charge in [-0.2, -0.15) is 0 Å². The Bertz CT molecular complexity index is 389. The van der Waals surface area contributed by atoms with Crippen LogP contribution in [0, 0.1) is 16.0 Å². The lowest BCUT2D eigenvalue weighted by Gasteiger charge is -2.31. The monoisotopic (exact) mass is 222 g/mol. The van der Waals surface area contributed by atoms with E-state index in [1.165, 1.54) is 6.07 Å². The summed E-state index contributed by atoms with van der Waals surface area (Å²) >= 11 is 0. The minimum atomic E-state index is -0.391. The molecule has 2 rings (SSSR count). The lowest BCUT2D eigenvalue weighted by molar-refractivity contribution is -0.384. The molecule has 0 unspecified atom stereocenters. The zero-order valence-electron chi connectivity index (χ0n) is 8.80. The second-order valence-electron chi connectivity index (χ2n) is 4.15. The normalized spacial score (nSPS) is 23.6. The van der Waals surface area contributed by atoms with Crippen LogP contribution in [0.15, 0.2) is 24.3 Å². The minimum Gasteiger partial charge on any atom is -0.393 e. The van der Waals surface area contributed by atoms with Gasteiger partial charge < -0.3 is 10.4 Å². The molecule has 1 aliphatic rings. The van der Waals surface area contributed by atoms with Crippen molar-refractivity contribution in [1.82, 2.24) is 0 Å². The largest absolute Gasteiger partial charge is 0.393 e. The second-order valence-corrected chi connectivity index (χ2v) is 4.15. The van der Waals surface area contributed by atoms with E-state index in [1.807, 2.05) is 0 Å². The topological polar surface area (TPSA) is 75.4 Å². The molecule has 5 nitrogen and oxygen atoms in total. The average molecular weight is 222 g/mol. The third-order valence-corrected chi connectivity index (χ3v) is 2.89. The smallest absolute Gasteiger partial charge is 0.292 e. The number of aliphatic hydroxyl groups is 1. The Morgan fingerprint density at radius 2 is 2.12 bits per heavy atom. The number of benzene rings is 1. The molecule has 0 radical (unpaired) electrons. The highest BCUT2D eigenvalue weighted by molar-refractivity contribution is 5.61. The predicted molar refractivity (Wildman–Crippen MR) is 60.3 cm³/mol. The number of hydrogen-bond donors (Lipinski definition) is 2. The van der Waals surface area contributed by atoms with Crippen LogP contribution in [-0.2, 0) is 0 Å². The van der Waals surface area contributed by atoms with Gasteiger partial charge in [0.15, 0.2) is 0 Å². The molecule has 0 heterocycles. The van der Waals surface area contributed by atoms with Gasteiger partial charge in [-0.15, -0.1) is 0 Å². The summed E-state index contributed by atoms with van der Waals surface area (Å²) in [5.41, 5.74) is 0.649. The van der Waals surface area contributed by atoms with Gasteiger partial charge in [0.05, 0.1) is 11.0 Å². The molecule has 0 bridgehead atoms. The number of para-hydroxylation sites is 2. The number of rotatable bonds is 4. The number of nitro benzene ring substituents is 1. The zero-order valence-corrected chi connectivity index (χ0v) is 8.80. The number of hydrogen-bond acceptors (Lipinski definition) is 4. The van der Waals surface area contributed by atoms with E-state index in [0.717, 1.165) is 12.8 Å². The van der Waals surface area contributed by atoms with Crippen LogP contribution in [0.3, 0.4) is 0 Å². The molecule has 16 heavy (non-hydrogen) atoms. The van der Waals surface area contributed by atoms with Crippen molar-refractivity contribution in [3.63, 3.8) is 0 Å². The average Bonchev–Trinajstić information content (AvgIpc) is 2.23. The second kappa shape index (κ2) is 4.49. The van der Waals surface area contributed by atoms with Crippen LogP contribution in [0.1, 0.15) is 12.8 Å². The molecule has 0 saturated heterocycles. The minimum absolute atomic E-state index is 0.0994. The van der Waals surface area contributed by atoms with Crippen LogP contribution in [0.5, 0.6) is 0 Å². The van der Waals surface area contributed by atoms with E-state index in [9.17, 15) is 10.1 Å². The van der Waals surface area contributed by atoms with Crippen molar-refractivity contribution in [2.45, 2.75) is 18.9 Å². The molecule has 1 aromatic carbocycles. The summed E-state index contributed by atoms with van der Waals surface area (Å²) in [5.74, 6) is 0.426. The van der Waals surface area contributed by atoms with Gasteiger partial charge >= 0.3 is 0 Å². The number of anilines is 1. The van der Waals surface area contributed by atoms with Crippen molar-refractivity contribution in [2.24, 2.45) is 5.92 Å². The molecule has 1 aliphatic carbocycles. The number of aliphatic hydroxyl groups excluding tert-OH is 1. The highest BCUT2D eigenvalue weighted by atomic mass is 16.6. The van der Waals surface area contributed by atoms with Gasteiger partial charge in [-0.3, -0.25) is 10.1 Å². The van der Waals surface area contributed by atoms with E-state index >= 15 is 0 Å². The first-order valence-electron chi connectivity index (χ1n) is 5.32. The maximum atomic E-state index is 10.7. The summed E-state index contributed by atoms with van der Waals surface area (Å²) in [7, 11) is 0.